The number of rotatable bonds is 4. The van der Waals surface area contributed by atoms with Gasteiger partial charge in [-0.05, 0) is 62.3 Å². The average Bonchev–Trinajstić information content (AvgIpc) is 2.31. The van der Waals surface area contributed by atoms with Gasteiger partial charge in [-0.15, -0.1) is 0 Å². The Morgan fingerprint density at radius 1 is 0.769 bits per heavy atom. The van der Waals surface area contributed by atoms with Gasteiger partial charge in [-0.25, -0.2) is 14.4 Å². The van der Waals surface area contributed by atoms with Gasteiger partial charge in [0.1, 0.15) is 22.8 Å². The number of hydrogen-bond acceptors (Lipinski definition) is 7. The number of carbonyl (C=O) groups excluding carboxylic acids is 3. The Balaban J connectivity index is 5.83. The van der Waals surface area contributed by atoms with Crippen molar-refractivity contribution in [1.82, 2.24) is 4.90 Å². The summed E-state index contributed by atoms with van der Waals surface area (Å²) in [5.74, 6) is -0.830. The normalized spacial score (nSPS) is 13.6. The molecule has 1 unspecified atom stereocenters. The standard InChI is InChI=1S/C18H33NO7/c1-16(2,3)24-13(21)12(10-11-20)19(14(22)25-17(4,5)6)15(23)26-18(7,8)9/h12,20H,10-11H2,1-9H3. The monoisotopic (exact) mass is 375 g/mol. The van der Waals surface area contributed by atoms with Gasteiger partial charge < -0.3 is 19.3 Å². The molecule has 0 aromatic carbocycles. The second kappa shape index (κ2) is 8.70. The number of ether oxygens (including phenoxy) is 3. The van der Waals surface area contributed by atoms with Gasteiger partial charge >= 0.3 is 18.2 Å². The smallest absolute Gasteiger partial charge is 0.420 e. The number of aliphatic hydroxyl groups excluding tert-OH is 1. The van der Waals surface area contributed by atoms with E-state index in [1.165, 1.54) is 0 Å². The Morgan fingerprint density at radius 2 is 1.12 bits per heavy atom. The maximum Gasteiger partial charge on any atom is 0.420 e. The fourth-order valence-corrected chi connectivity index (χ4v) is 1.80. The zero-order chi connectivity index (χ0) is 20.9. The average molecular weight is 375 g/mol. The van der Waals surface area contributed by atoms with E-state index in [-0.39, 0.29) is 6.42 Å². The molecule has 0 aromatic heterocycles. The Morgan fingerprint density at radius 3 is 1.38 bits per heavy atom. The molecular formula is C18H33NO7. The third kappa shape index (κ3) is 9.60. The minimum Gasteiger partial charge on any atom is -0.458 e. The summed E-state index contributed by atoms with van der Waals surface area (Å²) in [7, 11) is 0. The van der Waals surface area contributed by atoms with Gasteiger partial charge in [-0.1, -0.05) is 0 Å². The summed E-state index contributed by atoms with van der Waals surface area (Å²) in [5, 5.41) is 9.32. The lowest BCUT2D eigenvalue weighted by molar-refractivity contribution is -0.161. The van der Waals surface area contributed by atoms with Gasteiger partial charge in [-0.2, -0.15) is 4.90 Å². The van der Waals surface area contributed by atoms with Crippen molar-refractivity contribution >= 4 is 18.2 Å². The van der Waals surface area contributed by atoms with E-state index in [2.05, 4.69) is 0 Å². The van der Waals surface area contributed by atoms with E-state index in [4.69, 9.17) is 14.2 Å². The molecule has 26 heavy (non-hydrogen) atoms. The lowest BCUT2D eigenvalue weighted by Gasteiger charge is -2.33. The highest BCUT2D eigenvalue weighted by molar-refractivity contribution is 5.94. The lowest BCUT2D eigenvalue weighted by Crippen LogP contribution is -2.53. The topological polar surface area (TPSA) is 102 Å². The van der Waals surface area contributed by atoms with Crippen LogP contribution in [-0.4, -0.2) is 57.6 Å². The molecule has 152 valence electrons. The van der Waals surface area contributed by atoms with Crippen LogP contribution in [0.25, 0.3) is 0 Å². The number of hydrogen-bond donors (Lipinski definition) is 1. The van der Waals surface area contributed by atoms with E-state index in [1.54, 1.807) is 62.3 Å². The third-order valence-electron chi connectivity index (χ3n) is 2.57. The molecule has 1 N–H and O–H groups in total. The van der Waals surface area contributed by atoms with Crippen LogP contribution in [0.5, 0.6) is 0 Å². The Hall–Kier alpha value is -1.83. The molecule has 0 fully saturated rings. The third-order valence-corrected chi connectivity index (χ3v) is 2.57. The minimum absolute atomic E-state index is 0.201. The van der Waals surface area contributed by atoms with E-state index in [0.717, 1.165) is 0 Å². The SMILES string of the molecule is CC(C)(C)OC(=O)C(CCO)N(C(=O)OC(C)(C)C)C(=O)OC(C)(C)C. The van der Waals surface area contributed by atoms with Crippen molar-refractivity contribution in [2.45, 2.75) is 91.6 Å². The Kier molecular flexibility index (Phi) is 8.09. The molecule has 8 heteroatoms. The first-order valence-corrected chi connectivity index (χ1v) is 8.56. The molecule has 0 rings (SSSR count). The second-order valence-corrected chi connectivity index (χ2v) is 8.89. The summed E-state index contributed by atoms with van der Waals surface area (Å²) in [5.41, 5.74) is -2.62. The molecule has 0 saturated heterocycles. The first kappa shape index (κ1) is 24.2. The molecule has 0 spiro atoms. The van der Waals surface area contributed by atoms with E-state index < -0.39 is 47.6 Å². The van der Waals surface area contributed by atoms with Crippen molar-refractivity contribution in [3.05, 3.63) is 0 Å². The molecule has 0 aromatic rings. The van der Waals surface area contributed by atoms with Crippen LogP contribution in [0.4, 0.5) is 9.59 Å². The number of nitrogens with zero attached hydrogens (tertiary/aromatic N) is 1. The van der Waals surface area contributed by atoms with Gasteiger partial charge in [-0.3, -0.25) is 0 Å². The van der Waals surface area contributed by atoms with Crippen LogP contribution < -0.4 is 0 Å². The molecule has 0 aliphatic carbocycles. The highest BCUT2D eigenvalue weighted by atomic mass is 16.6. The van der Waals surface area contributed by atoms with Crippen LogP contribution >= 0.6 is 0 Å². The van der Waals surface area contributed by atoms with Gasteiger partial charge in [0.25, 0.3) is 0 Å². The van der Waals surface area contributed by atoms with Crippen molar-refractivity contribution in [2.24, 2.45) is 0 Å². The molecule has 0 saturated carbocycles. The van der Waals surface area contributed by atoms with Crippen molar-refractivity contribution in [3.8, 4) is 0 Å². The number of aliphatic hydroxyl groups is 1. The van der Waals surface area contributed by atoms with Crippen LogP contribution in [0.1, 0.15) is 68.7 Å². The minimum atomic E-state index is -1.37. The molecule has 0 aliphatic heterocycles. The van der Waals surface area contributed by atoms with Gasteiger partial charge in [0, 0.05) is 13.0 Å². The fourth-order valence-electron chi connectivity index (χ4n) is 1.80. The number of carbonyl (C=O) groups is 3. The molecule has 0 heterocycles. The quantitative estimate of drug-likeness (QED) is 0.594. The van der Waals surface area contributed by atoms with E-state index >= 15 is 0 Å². The number of imide groups is 1. The van der Waals surface area contributed by atoms with Crippen molar-refractivity contribution in [1.29, 1.82) is 0 Å². The van der Waals surface area contributed by atoms with Crippen LogP contribution in [0.15, 0.2) is 0 Å². The largest absolute Gasteiger partial charge is 0.458 e. The van der Waals surface area contributed by atoms with E-state index in [0.29, 0.717) is 4.90 Å². The molecule has 2 amide bonds. The van der Waals surface area contributed by atoms with E-state index in [9.17, 15) is 19.5 Å². The summed E-state index contributed by atoms with van der Waals surface area (Å²) >= 11 is 0. The fraction of sp³-hybridized carbons (Fsp3) is 0.833. The first-order chi connectivity index (χ1) is 11.5. The molecule has 8 nitrogen and oxygen atoms in total. The number of amides is 2. The predicted molar refractivity (Wildman–Crippen MR) is 95.6 cm³/mol. The summed E-state index contributed by atoms with van der Waals surface area (Å²) in [6.45, 7) is 14.3. The summed E-state index contributed by atoms with van der Waals surface area (Å²) < 4.78 is 15.8. The Bertz CT molecular complexity index is 481. The summed E-state index contributed by atoms with van der Waals surface area (Å²) in [6, 6.07) is -1.37. The summed E-state index contributed by atoms with van der Waals surface area (Å²) in [6.07, 6.45) is -2.29. The van der Waals surface area contributed by atoms with Crippen LogP contribution in [0.2, 0.25) is 0 Å². The van der Waals surface area contributed by atoms with Crippen molar-refractivity contribution < 1.29 is 33.7 Å². The maximum atomic E-state index is 12.6. The highest BCUT2D eigenvalue weighted by Crippen LogP contribution is 2.20. The molecule has 0 bridgehead atoms. The lowest BCUT2D eigenvalue weighted by atomic mass is 10.1. The first-order valence-electron chi connectivity index (χ1n) is 8.56. The van der Waals surface area contributed by atoms with Crippen molar-refractivity contribution in [2.75, 3.05) is 6.61 Å². The van der Waals surface area contributed by atoms with Gasteiger partial charge in [0.15, 0.2) is 0 Å². The predicted octanol–water partition coefficient (Wildman–Crippen LogP) is 3.25. The van der Waals surface area contributed by atoms with Gasteiger partial charge in [0.2, 0.25) is 0 Å². The summed E-state index contributed by atoms with van der Waals surface area (Å²) in [4.78, 5) is 38.3. The van der Waals surface area contributed by atoms with Crippen molar-refractivity contribution in [3.63, 3.8) is 0 Å². The zero-order valence-electron chi connectivity index (χ0n) is 17.3. The molecule has 1 atom stereocenters. The molecular weight excluding hydrogens is 342 g/mol. The number of esters is 1. The Labute approximate surface area is 155 Å². The maximum absolute atomic E-state index is 12.6. The molecule has 0 radical (unpaired) electrons. The van der Waals surface area contributed by atoms with Gasteiger partial charge in [0.05, 0.1) is 0 Å². The second-order valence-electron chi connectivity index (χ2n) is 8.89. The molecule has 0 aliphatic rings. The zero-order valence-corrected chi connectivity index (χ0v) is 17.3. The van der Waals surface area contributed by atoms with Crippen LogP contribution in [0.3, 0.4) is 0 Å². The van der Waals surface area contributed by atoms with Crippen LogP contribution in [-0.2, 0) is 19.0 Å². The van der Waals surface area contributed by atoms with E-state index in [1.807, 2.05) is 0 Å². The highest BCUT2D eigenvalue weighted by Gasteiger charge is 2.41. The van der Waals surface area contributed by atoms with Crippen LogP contribution in [0, 0.1) is 0 Å².